The molecule has 2 nitrogen and oxygen atoms in total. The van der Waals surface area contributed by atoms with Crippen LogP contribution in [-0.4, -0.2) is 10.8 Å². The van der Waals surface area contributed by atoms with Crippen molar-refractivity contribution in [2.75, 3.05) is 0 Å². The number of benzene rings is 1. The fraction of sp³-hybridized carbons (Fsp3) is 0.0769. The molecule has 1 aromatic carbocycles. The lowest BCUT2D eigenvalue weighted by molar-refractivity contribution is 0.103. The summed E-state index contributed by atoms with van der Waals surface area (Å²) in [6, 6.07) is 7.84. The van der Waals surface area contributed by atoms with Gasteiger partial charge in [0, 0.05) is 18.0 Å². The number of ketones is 1. The lowest BCUT2D eigenvalue weighted by Crippen LogP contribution is -2.04. The Morgan fingerprint density at radius 1 is 1.31 bits per heavy atom. The van der Waals surface area contributed by atoms with Crippen molar-refractivity contribution in [3.05, 3.63) is 65.2 Å². The number of pyridine rings is 1. The Morgan fingerprint density at radius 3 is 2.75 bits per heavy atom. The second kappa shape index (κ2) is 4.23. The summed E-state index contributed by atoms with van der Waals surface area (Å²) >= 11 is 0. The molecular weight excluding hydrogens is 205 g/mol. The average Bonchev–Trinajstić information content (AvgIpc) is 2.29. The second-order valence-corrected chi connectivity index (χ2v) is 3.55. The normalized spacial score (nSPS) is 10.1. The van der Waals surface area contributed by atoms with E-state index in [1.54, 1.807) is 31.3 Å². The number of carbonyl (C=O) groups is 1. The molecule has 0 bridgehead atoms. The van der Waals surface area contributed by atoms with Gasteiger partial charge in [-0.15, -0.1) is 0 Å². The first-order chi connectivity index (χ1) is 7.68. The fourth-order valence-electron chi connectivity index (χ4n) is 1.46. The molecule has 1 heterocycles. The molecule has 0 atom stereocenters. The van der Waals surface area contributed by atoms with Crippen LogP contribution >= 0.6 is 0 Å². The molecule has 0 fully saturated rings. The summed E-state index contributed by atoms with van der Waals surface area (Å²) in [6.07, 6.45) is 3.00. The monoisotopic (exact) mass is 215 g/mol. The van der Waals surface area contributed by atoms with E-state index in [1.807, 2.05) is 0 Å². The maximum Gasteiger partial charge on any atom is 0.197 e. The minimum absolute atomic E-state index is 0.0820. The van der Waals surface area contributed by atoms with Crippen LogP contribution in [0.1, 0.15) is 21.5 Å². The van der Waals surface area contributed by atoms with Crippen LogP contribution in [0.3, 0.4) is 0 Å². The highest BCUT2D eigenvalue weighted by Crippen LogP contribution is 2.14. The van der Waals surface area contributed by atoms with E-state index in [4.69, 9.17) is 0 Å². The summed E-state index contributed by atoms with van der Waals surface area (Å²) in [5.74, 6) is -0.834. The predicted octanol–water partition coefficient (Wildman–Crippen LogP) is 2.76. The highest BCUT2D eigenvalue weighted by atomic mass is 19.1. The lowest BCUT2D eigenvalue weighted by atomic mass is 10.0. The van der Waals surface area contributed by atoms with E-state index in [2.05, 4.69) is 4.98 Å². The van der Waals surface area contributed by atoms with Crippen LogP contribution in [-0.2, 0) is 0 Å². The van der Waals surface area contributed by atoms with Crippen LogP contribution in [0.4, 0.5) is 4.39 Å². The van der Waals surface area contributed by atoms with E-state index in [0.29, 0.717) is 5.56 Å². The Labute approximate surface area is 92.8 Å². The van der Waals surface area contributed by atoms with Crippen molar-refractivity contribution in [2.45, 2.75) is 6.92 Å². The van der Waals surface area contributed by atoms with Gasteiger partial charge in [-0.1, -0.05) is 6.07 Å². The van der Waals surface area contributed by atoms with Gasteiger partial charge in [0.2, 0.25) is 0 Å². The van der Waals surface area contributed by atoms with Gasteiger partial charge in [0.25, 0.3) is 0 Å². The topological polar surface area (TPSA) is 30.0 Å². The number of hydrogen-bond acceptors (Lipinski definition) is 2. The van der Waals surface area contributed by atoms with Gasteiger partial charge in [0.1, 0.15) is 5.82 Å². The standard InChI is InChI=1S/C13H10FNO/c1-9-4-5-11(12(14)7-9)13(16)10-3-2-6-15-8-10/h2-8H,1H3. The molecule has 0 amide bonds. The van der Waals surface area contributed by atoms with Gasteiger partial charge in [-0.25, -0.2) is 4.39 Å². The Morgan fingerprint density at radius 2 is 2.12 bits per heavy atom. The second-order valence-electron chi connectivity index (χ2n) is 3.55. The summed E-state index contributed by atoms with van der Waals surface area (Å²) in [5.41, 5.74) is 1.27. The SMILES string of the molecule is Cc1ccc(C(=O)c2cccnc2)c(F)c1. The minimum atomic E-state index is -0.492. The van der Waals surface area contributed by atoms with Gasteiger partial charge in [-0.05, 0) is 36.8 Å². The number of aromatic nitrogens is 1. The third-order valence-electron chi connectivity index (χ3n) is 2.29. The Hall–Kier alpha value is -2.03. The van der Waals surface area contributed by atoms with Crippen molar-refractivity contribution < 1.29 is 9.18 Å². The zero-order valence-electron chi connectivity index (χ0n) is 8.77. The molecule has 16 heavy (non-hydrogen) atoms. The van der Waals surface area contributed by atoms with E-state index in [0.717, 1.165) is 5.56 Å². The molecule has 0 aliphatic heterocycles. The molecule has 3 heteroatoms. The summed E-state index contributed by atoms with van der Waals surface area (Å²) in [7, 11) is 0. The van der Waals surface area contributed by atoms with Gasteiger partial charge in [-0.2, -0.15) is 0 Å². The van der Waals surface area contributed by atoms with Gasteiger partial charge >= 0.3 is 0 Å². The van der Waals surface area contributed by atoms with Crippen molar-refractivity contribution in [1.29, 1.82) is 0 Å². The molecule has 0 N–H and O–H groups in total. The van der Waals surface area contributed by atoms with Crippen LogP contribution < -0.4 is 0 Å². The summed E-state index contributed by atoms with van der Waals surface area (Å²) in [5, 5.41) is 0. The van der Waals surface area contributed by atoms with E-state index >= 15 is 0 Å². The molecule has 0 saturated carbocycles. The molecule has 0 aliphatic rings. The molecule has 0 saturated heterocycles. The first kappa shape index (κ1) is 10.5. The highest BCUT2D eigenvalue weighted by molar-refractivity contribution is 6.08. The Bertz CT molecular complexity index is 523. The number of rotatable bonds is 2. The Balaban J connectivity index is 2.42. The third kappa shape index (κ3) is 1.98. The number of carbonyl (C=O) groups excluding carboxylic acids is 1. The molecule has 0 aliphatic carbocycles. The van der Waals surface area contributed by atoms with Crippen LogP contribution in [0, 0.1) is 12.7 Å². The molecule has 80 valence electrons. The van der Waals surface area contributed by atoms with Gasteiger partial charge in [-0.3, -0.25) is 9.78 Å². The summed E-state index contributed by atoms with van der Waals surface area (Å²) in [6.45, 7) is 1.78. The summed E-state index contributed by atoms with van der Waals surface area (Å²) in [4.78, 5) is 15.7. The van der Waals surface area contributed by atoms with Gasteiger partial charge in [0.05, 0.1) is 5.56 Å². The molecule has 1 aromatic heterocycles. The Kier molecular flexibility index (Phi) is 2.77. The molecular formula is C13H10FNO. The van der Waals surface area contributed by atoms with E-state index in [-0.39, 0.29) is 11.3 Å². The van der Waals surface area contributed by atoms with E-state index in [9.17, 15) is 9.18 Å². The molecule has 0 unspecified atom stereocenters. The largest absolute Gasteiger partial charge is 0.288 e. The number of halogens is 1. The maximum atomic E-state index is 13.5. The van der Waals surface area contributed by atoms with Crippen LogP contribution in [0.25, 0.3) is 0 Å². The van der Waals surface area contributed by atoms with Gasteiger partial charge < -0.3 is 0 Å². The minimum Gasteiger partial charge on any atom is -0.288 e. The lowest BCUT2D eigenvalue weighted by Gasteiger charge is -2.02. The van der Waals surface area contributed by atoms with Crippen LogP contribution in [0.5, 0.6) is 0 Å². The maximum absolute atomic E-state index is 13.5. The van der Waals surface area contributed by atoms with Crippen molar-refractivity contribution in [1.82, 2.24) is 4.98 Å². The van der Waals surface area contributed by atoms with E-state index in [1.165, 1.54) is 18.3 Å². The fourth-order valence-corrected chi connectivity index (χ4v) is 1.46. The highest BCUT2D eigenvalue weighted by Gasteiger charge is 2.13. The average molecular weight is 215 g/mol. The van der Waals surface area contributed by atoms with Crippen molar-refractivity contribution in [3.63, 3.8) is 0 Å². The molecule has 2 rings (SSSR count). The zero-order chi connectivity index (χ0) is 11.5. The predicted molar refractivity (Wildman–Crippen MR) is 58.8 cm³/mol. The smallest absolute Gasteiger partial charge is 0.197 e. The first-order valence-corrected chi connectivity index (χ1v) is 4.89. The van der Waals surface area contributed by atoms with Crippen LogP contribution in [0.2, 0.25) is 0 Å². The molecule has 0 radical (unpaired) electrons. The number of hydrogen-bond donors (Lipinski definition) is 0. The quantitative estimate of drug-likeness (QED) is 0.721. The number of aryl methyl sites for hydroxylation is 1. The zero-order valence-corrected chi connectivity index (χ0v) is 8.77. The van der Waals surface area contributed by atoms with Gasteiger partial charge in [0.15, 0.2) is 5.78 Å². The van der Waals surface area contributed by atoms with Crippen molar-refractivity contribution in [3.8, 4) is 0 Å². The van der Waals surface area contributed by atoms with Crippen molar-refractivity contribution in [2.24, 2.45) is 0 Å². The van der Waals surface area contributed by atoms with Crippen molar-refractivity contribution >= 4 is 5.78 Å². The first-order valence-electron chi connectivity index (χ1n) is 4.89. The third-order valence-corrected chi connectivity index (χ3v) is 2.29. The van der Waals surface area contributed by atoms with Crippen LogP contribution in [0.15, 0.2) is 42.7 Å². The molecule has 2 aromatic rings. The summed E-state index contributed by atoms with van der Waals surface area (Å²) < 4.78 is 13.5. The van der Waals surface area contributed by atoms with E-state index < -0.39 is 5.82 Å². The number of nitrogens with zero attached hydrogens (tertiary/aromatic N) is 1. The molecule has 0 spiro atoms.